The lowest BCUT2D eigenvalue weighted by molar-refractivity contribution is -0.148. The van der Waals surface area contributed by atoms with Crippen LogP contribution in [0.2, 0.25) is 0 Å². The molecule has 116 valence electrons. The minimum absolute atomic E-state index is 0.105. The Morgan fingerprint density at radius 2 is 2.20 bits per heavy atom. The monoisotopic (exact) mass is 288 g/mol. The molecule has 2 atom stereocenters. The molecule has 0 spiro atoms. The van der Waals surface area contributed by atoms with Gasteiger partial charge < -0.3 is 24.8 Å². The molecule has 20 heavy (non-hydrogen) atoms. The van der Waals surface area contributed by atoms with Gasteiger partial charge in [0.25, 0.3) is 0 Å². The van der Waals surface area contributed by atoms with Gasteiger partial charge in [-0.25, -0.2) is 4.79 Å². The predicted octanol–water partition coefficient (Wildman–Crippen LogP) is 0.543. The van der Waals surface area contributed by atoms with Crippen LogP contribution in [0.15, 0.2) is 0 Å². The van der Waals surface area contributed by atoms with E-state index >= 15 is 0 Å². The van der Waals surface area contributed by atoms with Crippen molar-refractivity contribution >= 4 is 12.0 Å². The molecule has 0 aromatic carbocycles. The fourth-order valence-corrected chi connectivity index (χ4v) is 1.87. The lowest BCUT2D eigenvalue weighted by Crippen LogP contribution is -2.53. The van der Waals surface area contributed by atoms with E-state index in [1.165, 1.54) is 4.90 Å². The number of carboxylic acid groups (broad SMARTS) is 1. The van der Waals surface area contributed by atoms with Crippen molar-refractivity contribution in [1.82, 2.24) is 10.2 Å². The van der Waals surface area contributed by atoms with E-state index in [9.17, 15) is 14.7 Å². The van der Waals surface area contributed by atoms with Crippen LogP contribution in [0.25, 0.3) is 0 Å². The maximum absolute atomic E-state index is 12.0. The van der Waals surface area contributed by atoms with Crippen molar-refractivity contribution in [2.45, 2.75) is 32.9 Å². The van der Waals surface area contributed by atoms with E-state index in [1.807, 2.05) is 13.8 Å². The quantitative estimate of drug-likeness (QED) is 0.745. The molecule has 1 aliphatic heterocycles. The van der Waals surface area contributed by atoms with Crippen LogP contribution in [0.5, 0.6) is 0 Å². The zero-order chi connectivity index (χ0) is 15.3. The fourth-order valence-electron chi connectivity index (χ4n) is 1.87. The molecular formula is C13H24N2O5. The van der Waals surface area contributed by atoms with Crippen molar-refractivity contribution in [2.24, 2.45) is 5.41 Å². The van der Waals surface area contributed by atoms with Crippen molar-refractivity contribution in [1.29, 1.82) is 0 Å². The first kappa shape index (κ1) is 16.7. The molecule has 0 bridgehead atoms. The van der Waals surface area contributed by atoms with Gasteiger partial charge in [-0.3, -0.25) is 4.79 Å². The second-order valence-corrected chi connectivity index (χ2v) is 5.58. The van der Waals surface area contributed by atoms with Crippen LogP contribution in [0.4, 0.5) is 4.79 Å². The fraction of sp³-hybridized carbons (Fsp3) is 0.846. The maximum Gasteiger partial charge on any atom is 0.317 e. The number of rotatable bonds is 6. The lowest BCUT2D eigenvalue weighted by Gasteiger charge is -2.28. The van der Waals surface area contributed by atoms with Gasteiger partial charge >= 0.3 is 12.0 Å². The molecule has 1 fully saturated rings. The van der Waals surface area contributed by atoms with E-state index in [2.05, 4.69) is 5.32 Å². The number of carboxylic acids is 1. The van der Waals surface area contributed by atoms with E-state index in [0.29, 0.717) is 13.2 Å². The Morgan fingerprint density at radius 3 is 2.75 bits per heavy atom. The van der Waals surface area contributed by atoms with Gasteiger partial charge in [0.15, 0.2) is 0 Å². The molecule has 0 radical (unpaired) electrons. The van der Waals surface area contributed by atoms with Gasteiger partial charge in [-0.1, -0.05) is 0 Å². The van der Waals surface area contributed by atoms with Crippen molar-refractivity contribution in [2.75, 3.05) is 33.4 Å². The number of carbonyl (C=O) groups excluding carboxylic acids is 1. The number of nitrogens with zero attached hydrogens (tertiary/aromatic N) is 1. The van der Waals surface area contributed by atoms with Crippen LogP contribution < -0.4 is 5.32 Å². The summed E-state index contributed by atoms with van der Waals surface area (Å²) in [6.45, 7) is 6.64. The molecular weight excluding hydrogens is 264 g/mol. The predicted molar refractivity (Wildman–Crippen MR) is 72.6 cm³/mol. The zero-order valence-corrected chi connectivity index (χ0v) is 12.5. The summed E-state index contributed by atoms with van der Waals surface area (Å²) in [6, 6.07) is -0.846. The van der Waals surface area contributed by atoms with Crippen LogP contribution in [0.3, 0.4) is 0 Å². The Hall–Kier alpha value is -1.34. The molecule has 1 aliphatic rings. The molecule has 1 rings (SSSR count). The normalized spacial score (nSPS) is 25.8. The number of amides is 2. The maximum atomic E-state index is 12.0. The number of likely N-dealkylation sites (N-methyl/N-ethyl adjacent to an activating group) is 1. The summed E-state index contributed by atoms with van der Waals surface area (Å²) in [5.74, 6) is -0.967. The van der Waals surface area contributed by atoms with Crippen LogP contribution in [-0.2, 0) is 14.3 Å². The number of hydrogen-bond donors (Lipinski definition) is 2. The van der Waals surface area contributed by atoms with Crippen molar-refractivity contribution < 1.29 is 24.2 Å². The molecule has 7 nitrogen and oxygen atoms in total. The summed E-state index contributed by atoms with van der Waals surface area (Å²) in [6.07, 6.45) is 0.116. The third-order valence-corrected chi connectivity index (χ3v) is 3.47. The number of urea groups is 1. The molecule has 7 heteroatoms. The molecule has 0 aromatic heterocycles. The highest BCUT2D eigenvalue weighted by Crippen LogP contribution is 2.28. The summed E-state index contributed by atoms with van der Waals surface area (Å²) in [7, 11) is 1.65. The highest BCUT2D eigenvalue weighted by molar-refractivity contribution is 5.79. The first-order valence-corrected chi connectivity index (χ1v) is 6.71. The van der Waals surface area contributed by atoms with Gasteiger partial charge in [-0.2, -0.15) is 0 Å². The average Bonchev–Trinajstić information content (AvgIpc) is 2.71. The molecule has 0 aliphatic carbocycles. The molecule has 2 amide bonds. The standard InChI is InChI=1S/C13H24N2O5/c1-9(2)20-6-5-15(4)12(18)14-10-7-19-8-13(10,3)11(16)17/h9-10H,5-8H2,1-4H3,(H,14,18)(H,16,17). The Kier molecular flexibility index (Phi) is 5.76. The van der Waals surface area contributed by atoms with Gasteiger partial charge in [0.1, 0.15) is 5.41 Å². The highest BCUT2D eigenvalue weighted by Gasteiger charge is 2.47. The third-order valence-electron chi connectivity index (χ3n) is 3.47. The smallest absolute Gasteiger partial charge is 0.317 e. The first-order valence-electron chi connectivity index (χ1n) is 6.71. The van der Waals surface area contributed by atoms with Crippen LogP contribution in [0.1, 0.15) is 20.8 Å². The zero-order valence-electron chi connectivity index (χ0n) is 12.5. The van der Waals surface area contributed by atoms with Crippen LogP contribution >= 0.6 is 0 Å². The second-order valence-electron chi connectivity index (χ2n) is 5.58. The van der Waals surface area contributed by atoms with Gasteiger partial charge in [0.05, 0.1) is 32.0 Å². The van der Waals surface area contributed by atoms with E-state index in [1.54, 1.807) is 14.0 Å². The Labute approximate surface area is 119 Å². The SMILES string of the molecule is CC(C)OCCN(C)C(=O)NC1COCC1(C)C(=O)O. The Bertz CT molecular complexity index is 361. The van der Waals surface area contributed by atoms with Crippen molar-refractivity contribution in [3.05, 3.63) is 0 Å². The summed E-state index contributed by atoms with van der Waals surface area (Å²) >= 11 is 0. The number of nitrogens with one attached hydrogen (secondary N) is 1. The Morgan fingerprint density at radius 1 is 1.55 bits per heavy atom. The summed E-state index contributed by atoms with van der Waals surface area (Å²) in [4.78, 5) is 24.7. The van der Waals surface area contributed by atoms with E-state index in [4.69, 9.17) is 9.47 Å². The lowest BCUT2D eigenvalue weighted by atomic mass is 9.85. The third kappa shape index (κ3) is 4.08. The minimum Gasteiger partial charge on any atom is -0.481 e. The largest absolute Gasteiger partial charge is 0.481 e. The Balaban J connectivity index is 2.47. The van der Waals surface area contributed by atoms with E-state index in [0.717, 1.165) is 0 Å². The van der Waals surface area contributed by atoms with Crippen LogP contribution in [0, 0.1) is 5.41 Å². The topological polar surface area (TPSA) is 88.1 Å². The minimum atomic E-state index is -1.08. The number of aliphatic carboxylic acids is 1. The van der Waals surface area contributed by atoms with E-state index in [-0.39, 0.29) is 25.3 Å². The van der Waals surface area contributed by atoms with Crippen molar-refractivity contribution in [3.8, 4) is 0 Å². The number of carbonyl (C=O) groups is 2. The first-order chi connectivity index (χ1) is 9.27. The van der Waals surface area contributed by atoms with Gasteiger partial charge in [0, 0.05) is 13.6 Å². The molecule has 1 saturated heterocycles. The second kappa shape index (κ2) is 6.90. The molecule has 2 N–H and O–H groups in total. The highest BCUT2D eigenvalue weighted by atomic mass is 16.5. The van der Waals surface area contributed by atoms with Crippen molar-refractivity contribution in [3.63, 3.8) is 0 Å². The average molecular weight is 288 g/mol. The number of hydrogen-bond acceptors (Lipinski definition) is 4. The molecule has 2 unspecified atom stereocenters. The van der Waals surface area contributed by atoms with Gasteiger partial charge in [-0.15, -0.1) is 0 Å². The molecule has 0 aromatic rings. The summed E-state index contributed by atoms with van der Waals surface area (Å²) in [5.41, 5.74) is -1.08. The molecule has 1 heterocycles. The van der Waals surface area contributed by atoms with Gasteiger partial charge in [0.2, 0.25) is 0 Å². The summed E-state index contributed by atoms with van der Waals surface area (Å²) in [5, 5.41) is 11.9. The van der Waals surface area contributed by atoms with Crippen LogP contribution in [-0.4, -0.2) is 67.6 Å². The number of ether oxygens (including phenoxy) is 2. The van der Waals surface area contributed by atoms with Gasteiger partial charge in [-0.05, 0) is 20.8 Å². The summed E-state index contributed by atoms with van der Waals surface area (Å²) < 4.78 is 10.6. The van der Waals surface area contributed by atoms with E-state index < -0.39 is 17.4 Å². The molecule has 0 saturated carbocycles.